The molecule has 0 aliphatic heterocycles. The van der Waals surface area contributed by atoms with Crippen molar-refractivity contribution < 1.29 is 0 Å². The van der Waals surface area contributed by atoms with Gasteiger partial charge in [-0.1, -0.05) is 26.8 Å². The normalized spacial score (nSPS) is 14.1. The van der Waals surface area contributed by atoms with Crippen LogP contribution < -0.4 is 0 Å². The van der Waals surface area contributed by atoms with Gasteiger partial charge in [0.25, 0.3) is 0 Å². The van der Waals surface area contributed by atoms with Crippen LogP contribution in [0.1, 0.15) is 32.2 Å². The summed E-state index contributed by atoms with van der Waals surface area (Å²) in [6.07, 6.45) is 0.840. The van der Waals surface area contributed by atoms with Crippen molar-refractivity contribution in [2.75, 3.05) is 0 Å². The topological polar surface area (TPSA) is 12.9 Å². The maximum Gasteiger partial charge on any atom is 0.0439 e. The third-order valence-corrected chi connectivity index (χ3v) is 3.08. The van der Waals surface area contributed by atoms with Crippen LogP contribution in [0.3, 0.4) is 0 Å². The van der Waals surface area contributed by atoms with Crippen molar-refractivity contribution in [1.82, 2.24) is 4.98 Å². The van der Waals surface area contributed by atoms with Gasteiger partial charge in [0.1, 0.15) is 0 Å². The quantitative estimate of drug-likeness (QED) is 0.682. The van der Waals surface area contributed by atoms with E-state index < -0.39 is 0 Å². The lowest BCUT2D eigenvalue weighted by molar-refractivity contribution is 0.384. The van der Waals surface area contributed by atoms with Crippen molar-refractivity contribution in [1.29, 1.82) is 0 Å². The Kier molecular flexibility index (Phi) is 3.54. The molecule has 78 valence electrons. The number of rotatable bonds is 2. The number of nitrogens with zero attached hydrogens (tertiary/aromatic N) is 1. The molecule has 0 amide bonds. The zero-order chi connectivity index (χ0) is 10.8. The van der Waals surface area contributed by atoms with Crippen LogP contribution in [0.25, 0.3) is 0 Å². The van der Waals surface area contributed by atoms with Gasteiger partial charge in [-0.25, -0.2) is 0 Å². The average molecular weight is 212 g/mol. The van der Waals surface area contributed by atoms with E-state index in [1.54, 1.807) is 0 Å². The molecule has 2 heteroatoms. The zero-order valence-electron chi connectivity index (χ0n) is 9.34. The molecule has 0 spiro atoms. The van der Waals surface area contributed by atoms with Gasteiger partial charge >= 0.3 is 0 Å². The fraction of sp³-hybridized carbons (Fsp3) is 0.583. The monoisotopic (exact) mass is 211 g/mol. The fourth-order valence-electron chi connectivity index (χ4n) is 1.20. The molecule has 1 nitrogen and oxygen atoms in total. The summed E-state index contributed by atoms with van der Waals surface area (Å²) in [5.74, 6) is 0. The van der Waals surface area contributed by atoms with Gasteiger partial charge in [-0.2, -0.15) is 0 Å². The Morgan fingerprint density at radius 1 is 1.36 bits per heavy atom. The van der Waals surface area contributed by atoms with E-state index in [4.69, 9.17) is 11.6 Å². The maximum atomic E-state index is 6.30. The van der Waals surface area contributed by atoms with E-state index in [1.807, 2.05) is 25.1 Å². The molecule has 1 aromatic rings. The molecular formula is C12H18ClN. The van der Waals surface area contributed by atoms with Gasteiger partial charge in [0.15, 0.2) is 0 Å². The lowest BCUT2D eigenvalue weighted by atomic mass is 9.89. The van der Waals surface area contributed by atoms with Crippen LogP contribution in [0.2, 0.25) is 0 Å². The fourth-order valence-corrected chi connectivity index (χ4v) is 1.36. The summed E-state index contributed by atoms with van der Waals surface area (Å²) in [5.41, 5.74) is 2.27. The first-order valence-electron chi connectivity index (χ1n) is 4.96. The van der Waals surface area contributed by atoms with Gasteiger partial charge in [0.05, 0.1) is 0 Å². The number of hydrogen-bond donors (Lipinski definition) is 0. The summed E-state index contributed by atoms with van der Waals surface area (Å²) in [7, 11) is 0. The van der Waals surface area contributed by atoms with Gasteiger partial charge in [-0.3, -0.25) is 4.98 Å². The SMILES string of the molecule is Cc1cccc(CC(Cl)C(C)(C)C)n1. The van der Waals surface area contributed by atoms with E-state index in [1.165, 1.54) is 0 Å². The van der Waals surface area contributed by atoms with E-state index in [0.29, 0.717) is 0 Å². The predicted octanol–water partition coefficient (Wildman–Crippen LogP) is 3.59. The molecule has 1 unspecified atom stereocenters. The number of hydrogen-bond acceptors (Lipinski definition) is 1. The number of aryl methyl sites for hydroxylation is 1. The summed E-state index contributed by atoms with van der Waals surface area (Å²) in [5, 5.41) is 0.136. The van der Waals surface area contributed by atoms with Gasteiger partial charge in [-0.05, 0) is 24.5 Å². The van der Waals surface area contributed by atoms with E-state index in [0.717, 1.165) is 17.8 Å². The number of alkyl halides is 1. The molecule has 1 aromatic heterocycles. The first-order valence-corrected chi connectivity index (χ1v) is 5.40. The highest BCUT2D eigenvalue weighted by Gasteiger charge is 2.22. The number of pyridine rings is 1. The molecule has 0 bridgehead atoms. The molecule has 0 aromatic carbocycles. The van der Waals surface area contributed by atoms with E-state index in [-0.39, 0.29) is 10.8 Å². The van der Waals surface area contributed by atoms with Crippen molar-refractivity contribution in [3.63, 3.8) is 0 Å². The molecule has 14 heavy (non-hydrogen) atoms. The van der Waals surface area contributed by atoms with Gasteiger partial charge in [0.2, 0.25) is 0 Å². The third kappa shape index (κ3) is 3.30. The molecule has 0 radical (unpaired) electrons. The Morgan fingerprint density at radius 3 is 2.50 bits per heavy atom. The highest BCUT2D eigenvalue weighted by atomic mass is 35.5. The predicted molar refractivity (Wildman–Crippen MR) is 61.8 cm³/mol. The second kappa shape index (κ2) is 4.31. The summed E-state index contributed by atoms with van der Waals surface area (Å²) in [4.78, 5) is 4.44. The van der Waals surface area contributed by atoms with Crippen molar-refractivity contribution >= 4 is 11.6 Å². The molecule has 0 saturated heterocycles. The number of aromatic nitrogens is 1. The van der Waals surface area contributed by atoms with Gasteiger partial charge in [0, 0.05) is 23.2 Å². The first-order chi connectivity index (χ1) is 6.39. The molecule has 1 heterocycles. The largest absolute Gasteiger partial charge is 0.258 e. The molecule has 0 N–H and O–H groups in total. The maximum absolute atomic E-state index is 6.30. The minimum absolute atomic E-state index is 0.132. The lowest BCUT2D eigenvalue weighted by Crippen LogP contribution is -2.23. The molecule has 1 rings (SSSR count). The van der Waals surface area contributed by atoms with Crippen LogP contribution in [-0.2, 0) is 6.42 Å². The van der Waals surface area contributed by atoms with Crippen LogP contribution in [0.15, 0.2) is 18.2 Å². The molecule has 0 saturated carbocycles. The summed E-state index contributed by atoms with van der Waals surface area (Å²) in [6.45, 7) is 8.46. The number of halogens is 1. The van der Waals surface area contributed by atoms with Crippen LogP contribution in [0.5, 0.6) is 0 Å². The molecule has 0 aliphatic carbocycles. The Hall–Kier alpha value is -0.560. The zero-order valence-corrected chi connectivity index (χ0v) is 10.1. The van der Waals surface area contributed by atoms with Crippen LogP contribution in [0, 0.1) is 12.3 Å². The van der Waals surface area contributed by atoms with E-state index in [2.05, 4.69) is 25.8 Å². The van der Waals surface area contributed by atoms with Gasteiger partial charge in [-0.15, -0.1) is 11.6 Å². The Morgan fingerprint density at radius 2 is 2.00 bits per heavy atom. The minimum Gasteiger partial charge on any atom is -0.258 e. The molecule has 1 atom stereocenters. The summed E-state index contributed by atoms with van der Waals surface area (Å²) >= 11 is 6.30. The van der Waals surface area contributed by atoms with Crippen molar-refractivity contribution in [2.24, 2.45) is 5.41 Å². The standard InChI is InChI=1S/C12H18ClN/c1-9-6-5-7-10(14-9)8-11(13)12(2,3)4/h5-7,11H,8H2,1-4H3. The Balaban J connectivity index is 2.70. The second-order valence-corrected chi connectivity index (χ2v) is 5.33. The van der Waals surface area contributed by atoms with Crippen molar-refractivity contribution in [3.05, 3.63) is 29.6 Å². The van der Waals surface area contributed by atoms with Crippen LogP contribution >= 0.6 is 11.6 Å². The van der Waals surface area contributed by atoms with Crippen LogP contribution in [0.4, 0.5) is 0 Å². The third-order valence-electron chi connectivity index (χ3n) is 2.27. The van der Waals surface area contributed by atoms with E-state index >= 15 is 0 Å². The summed E-state index contributed by atoms with van der Waals surface area (Å²) in [6, 6.07) is 6.07. The summed E-state index contributed by atoms with van der Waals surface area (Å²) < 4.78 is 0. The van der Waals surface area contributed by atoms with Crippen molar-refractivity contribution in [3.8, 4) is 0 Å². The highest BCUT2D eigenvalue weighted by Crippen LogP contribution is 2.26. The minimum atomic E-state index is 0.132. The Bertz CT molecular complexity index is 301. The lowest BCUT2D eigenvalue weighted by Gasteiger charge is -2.24. The van der Waals surface area contributed by atoms with Gasteiger partial charge < -0.3 is 0 Å². The second-order valence-electron chi connectivity index (χ2n) is 4.81. The highest BCUT2D eigenvalue weighted by molar-refractivity contribution is 6.21. The van der Waals surface area contributed by atoms with E-state index in [9.17, 15) is 0 Å². The smallest absolute Gasteiger partial charge is 0.0439 e. The van der Waals surface area contributed by atoms with Crippen molar-refractivity contribution in [2.45, 2.75) is 39.5 Å². The van der Waals surface area contributed by atoms with Crippen LogP contribution in [-0.4, -0.2) is 10.4 Å². The molecular weight excluding hydrogens is 194 g/mol. The molecule has 0 aliphatic rings. The Labute approximate surface area is 91.5 Å². The first kappa shape index (κ1) is 11.5. The molecule has 0 fully saturated rings. The average Bonchev–Trinajstić information content (AvgIpc) is 2.02.